The largest absolute Gasteiger partial charge is 0.364 e. The summed E-state index contributed by atoms with van der Waals surface area (Å²) in [4.78, 5) is 0. The Morgan fingerprint density at radius 1 is 1.17 bits per heavy atom. The van der Waals surface area contributed by atoms with Gasteiger partial charge in [0.15, 0.2) is 6.29 Å². The molecule has 0 radical (unpaired) electrons. The molecule has 3 heteroatoms. The van der Waals surface area contributed by atoms with E-state index in [1.165, 1.54) is 6.42 Å². The van der Waals surface area contributed by atoms with E-state index in [-0.39, 0.29) is 12.4 Å². The number of hydrogen-bond acceptors (Lipinski definition) is 3. The van der Waals surface area contributed by atoms with Gasteiger partial charge in [-0.25, -0.2) is 0 Å². The minimum atomic E-state index is -0.0368. The van der Waals surface area contributed by atoms with Crippen molar-refractivity contribution in [3.63, 3.8) is 0 Å². The van der Waals surface area contributed by atoms with E-state index >= 15 is 0 Å². The number of hydrogen-bond donors (Lipinski definition) is 0. The smallest absolute Gasteiger partial charge is 0.187 e. The quantitative estimate of drug-likeness (QED) is 0.581. The van der Waals surface area contributed by atoms with Crippen molar-refractivity contribution < 1.29 is 14.2 Å². The second-order valence-electron chi connectivity index (χ2n) is 3.88. The van der Waals surface area contributed by atoms with Gasteiger partial charge < -0.3 is 14.2 Å². The fourth-order valence-electron chi connectivity index (χ4n) is 2.27. The minimum Gasteiger partial charge on any atom is -0.364 e. The van der Waals surface area contributed by atoms with Crippen molar-refractivity contribution in [1.82, 2.24) is 0 Å². The van der Waals surface area contributed by atoms with Crippen LogP contribution in [0.3, 0.4) is 0 Å². The van der Waals surface area contributed by atoms with E-state index in [1.807, 2.05) is 0 Å². The molecule has 0 aromatic carbocycles. The molecule has 3 saturated heterocycles. The van der Waals surface area contributed by atoms with Crippen LogP contribution in [-0.4, -0.2) is 30.7 Å². The first kappa shape index (κ1) is 7.30. The summed E-state index contributed by atoms with van der Waals surface area (Å²) >= 11 is 0. The van der Waals surface area contributed by atoms with E-state index in [0.29, 0.717) is 18.3 Å². The monoisotopic (exact) mass is 170 g/mol. The standard InChI is InChI=1S/C9H14O3/c1-2-3-5-6-4-7-8(10-7)9(11-5)12-6/h5-9H,2-4H2,1H3. The van der Waals surface area contributed by atoms with Crippen LogP contribution in [0.15, 0.2) is 0 Å². The van der Waals surface area contributed by atoms with Gasteiger partial charge in [0, 0.05) is 6.42 Å². The average Bonchev–Trinajstić information content (AvgIpc) is 2.74. The highest BCUT2D eigenvalue weighted by Gasteiger charge is 2.58. The highest BCUT2D eigenvalue weighted by Crippen LogP contribution is 2.44. The summed E-state index contributed by atoms with van der Waals surface area (Å²) in [6, 6.07) is 0. The molecule has 5 atom stereocenters. The van der Waals surface area contributed by atoms with Gasteiger partial charge in [-0.3, -0.25) is 0 Å². The zero-order valence-corrected chi connectivity index (χ0v) is 7.23. The third kappa shape index (κ3) is 0.934. The van der Waals surface area contributed by atoms with E-state index < -0.39 is 0 Å². The highest BCUT2D eigenvalue weighted by atomic mass is 16.8. The predicted octanol–water partition coefficient (Wildman–Crippen LogP) is 1.07. The molecule has 3 rings (SSSR count). The molecule has 0 N–H and O–H groups in total. The third-order valence-corrected chi connectivity index (χ3v) is 2.96. The van der Waals surface area contributed by atoms with Crippen LogP contribution >= 0.6 is 0 Å². The summed E-state index contributed by atoms with van der Waals surface area (Å²) in [5, 5.41) is 0. The van der Waals surface area contributed by atoms with Gasteiger partial charge in [-0.15, -0.1) is 0 Å². The first-order chi connectivity index (χ1) is 5.88. The highest BCUT2D eigenvalue weighted by molar-refractivity contribution is 5.00. The van der Waals surface area contributed by atoms with Crippen LogP contribution in [0.25, 0.3) is 0 Å². The van der Waals surface area contributed by atoms with Gasteiger partial charge in [0.05, 0.1) is 18.3 Å². The van der Waals surface area contributed by atoms with E-state index in [2.05, 4.69) is 6.92 Å². The van der Waals surface area contributed by atoms with Crippen molar-refractivity contribution in [3.05, 3.63) is 0 Å². The molecule has 2 bridgehead atoms. The normalized spacial score (nSPS) is 55.2. The van der Waals surface area contributed by atoms with Crippen molar-refractivity contribution in [1.29, 1.82) is 0 Å². The van der Waals surface area contributed by atoms with Crippen LogP contribution in [0, 0.1) is 0 Å². The molecular weight excluding hydrogens is 156 g/mol. The van der Waals surface area contributed by atoms with Crippen LogP contribution in [0.1, 0.15) is 26.2 Å². The zero-order valence-electron chi connectivity index (χ0n) is 7.23. The van der Waals surface area contributed by atoms with Crippen LogP contribution < -0.4 is 0 Å². The maximum atomic E-state index is 5.73. The SMILES string of the molecule is CCCC1OC2OC1CC1OC12. The molecule has 0 saturated carbocycles. The first-order valence-corrected chi connectivity index (χ1v) is 4.85. The molecule has 68 valence electrons. The summed E-state index contributed by atoms with van der Waals surface area (Å²) in [5.41, 5.74) is 0. The molecule has 3 nitrogen and oxygen atoms in total. The van der Waals surface area contributed by atoms with Gasteiger partial charge in [0.1, 0.15) is 6.10 Å². The van der Waals surface area contributed by atoms with Crippen molar-refractivity contribution in [2.75, 3.05) is 0 Å². The molecule has 3 aliphatic heterocycles. The Morgan fingerprint density at radius 2 is 2.08 bits per heavy atom. The third-order valence-electron chi connectivity index (χ3n) is 2.96. The lowest BCUT2D eigenvalue weighted by molar-refractivity contribution is -0.0858. The summed E-state index contributed by atoms with van der Waals surface area (Å²) in [5.74, 6) is 0. The second kappa shape index (κ2) is 2.44. The first-order valence-electron chi connectivity index (χ1n) is 4.85. The minimum absolute atomic E-state index is 0.0368. The molecule has 0 aromatic rings. The van der Waals surface area contributed by atoms with Crippen molar-refractivity contribution in [3.8, 4) is 0 Å². The molecule has 12 heavy (non-hydrogen) atoms. The lowest BCUT2D eigenvalue weighted by Crippen LogP contribution is -2.28. The Balaban J connectivity index is 1.70. The number of rotatable bonds is 2. The summed E-state index contributed by atoms with van der Waals surface area (Å²) in [6.45, 7) is 2.18. The lowest BCUT2D eigenvalue weighted by atomic mass is 10.0. The second-order valence-corrected chi connectivity index (χ2v) is 3.88. The van der Waals surface area contributed by atoms with Gasteiger partial charge in [-0.1, -0.05) is 13.3 Å². The van der Waals surface area contributed by atoms with Gasteiger partial charge in [0.25, 0.3) is 0 Å². The number of fused-ring (bicyclic) bond motifs is 4. The molecule has 3 heterocycles. The molecule has 0 aliphatic carbocycles. The van der Waals surface area contributed by atoms with Gasteiger partial charge in [-0.2, -0.15) is 0 Å². The molecule has 5 unspecified atom stereocenters. The molecule has 0 spiro atoms. The van der Waals surface area contributed by atoms with E-state index in [1.54, 1.807) is 0 Å². The van der Waals surface area contributed by atoms with Crippen molar-refractivity contribution in [2.24, 2.45) is 0 Å². The number of ether oxygens (including phenoxy) is 3. The van der Waals surface area contributed by atoms with E-state index in [0.717, 1.165) is 12.8 Å². The molecule has 3 fully saturated rings. The Morgan fingerprint density at radius 3 is 2.92 bits per heavy atom. The Hall–Kier alpha value is -0.120. The van der Waals surface area contributed by atoms with Crippen molar-refractivity contribution in [2.45, 2.75) is 56.9 Å². The Bertz CT molecular complexity index is 192. The Labute approximate surface area is 72.0 Å². The zero-order chi connectivity index (χ0) is 8.13. The maximum absolute atomic E-state index is 5.73. The van der Waals surface area contributed by atoms with E-state index in [4.69, 9.17) is 14.2 Å². The van der Waals surface area contributed by atoms with Crippen LogP contribution in [0.4, 0.5) is 0 Å². The van der Waals surface area contributed by atoms with Crippen LogP contribution in [0.2, 0.25) is 0 Å². The van der Waals surface area contributed by atoms with Gasteiger partial charge in [-0.05, 0) is 6.42 Å². The van der Waals surface area contributed by atoms with Gasteiger partial charge >= 0.3 is 0 Å². The predicted molar refractivity (Wildman–Crippen MR) is 41.7 cm³/mol. The van der Waals surface area contributed by atoms with Crippen molar-refractivity contribution >= 4 is 0 Å². The fourth-order valence-corrected chi connectivity index (χ4v) is 2.27. The summed E-state index contributed by atoms with van der Waals surface area (Å²) < 4.78 is 16.8. The van der Waals surface area contributed by atoms with Crippen LogP contribution in [-0.2, 0) is 14.2 Å². The van der Waals surface area contributed by atoms with Gasteiger partial charge in [0.2, 0.25) is 0 Å². The summed E-state index contributed by atoms with van der Waals surface area (Å²) in [6.07, 6.45) is 4.69. The topological polar surface area (TPSA) is 31.0 Å². The van der Waals surface area contributed by atoms with E-state index in [9.17, 15) is 0 Å². The number of epoxide rings is 1. The van der Waals surface area contributed by atoms with Crippen LogP contribution in [0.5, 0.6) is 0 Å². The summed E-state index contributed by atoms with van der Waals surface area (Å²) in [7, 11) is 0. The fraction of sp³-hybridized carbons (Fsp3) is 1.00. The lowest BCUT2D eigenvalue weighted by Gasteiger charge is -2.15. The molecule has 0 amide bonds. The Kier molecular flexibility index (Phi) is 1.48. The maximum Gasteiger partial charge on any atom is 0.187 e. The molecular formula is C9H14O3. The average molecular weight is 170 g/mol. The molecule has 0 aromatic heterocycles. The molecule has 3 aliphatic rings.